The zero-order valence-corrected chi connectivity index (χ0v) is 13.8. The van der Waals surface area contributed by atoms with Crippen molar-refractivity contribution in [3.63, 3.8) is 0 Å². The van der Waals surface area contributed by atoms with Gasteiger partial charge in [0.2, 0.25) is 0 Å². The lowest BCUT2D eigenvalue weighted by Gasteiger charge is -2.33. The second-order valence-corrected chi connectivity index (χ2v) is 7.04. The van der Waals surface area contributed by atoms with Crippen LogP contribution in [0.5, 0.6) is 0 Å². The quantitative estimate of drug-likeness (QED) is 0.839. The largest absolute Gasteiger partial charge is 0.385 e. The molecule has 1 fully saturated rings. The number of aliphatic hydroxyl groups excluding tert-OH is 1. The minimum absolute atomic E-state index is 0.384. The van der Waals surface area contributed by atoms with Crippen LogP contribution in [0.4, 0.5) is 0 Å². The number of rotatable bonds is 6. The van der Waals surface area contributed by atoms with Crippen molar-refractivity contribution in [3.05, 3.63) is 34.9 Å². The van der Waals surface area contributed by atoms with Crippen molar-refractivity contribution in [2.24, 2.45) is 11.8 Å². The fraction of sp³-hybridized carbons (Fsp3) is 0.647. The highest BCUT2D eigenvalue weighted by Crippen LogP contribution is 2.12. The van der Waals surface area contributed by atoms with Gasteiger partial charge in [0.15, 0.2) is 0 Å². The van der Waals surface area contributed by atoms with Gasteiger partial charge in [0.05, 0.1) is 26.3 Å². The Morgan fingerprint density at radius 2 is 1.86 bits per heavy atom. The molecular formula is C17H27ClNO2+. The van der Waals surface area contributed by atoms with Gasteiger partial charge in [0.25, 0.3) is 0 Å². The van der Waals surface area contributed by atoms with Gasteiger partial charge in [-0.05, 0) is 24.1 Å². The molecule has 1 aromatic rings. The van der Waals surface area contributed by atoms with Crippen LogP contribution >= 0.6 is 11.6 Å². The number of nitrogens with one attached hydrogen (secondary N) is 1. The lowest BCUT2D eigenvalue weighted by Crippen LogP contribution is -3.15. The van der Waals surface area contributed by atoms with E-state index in [4.69, 9.17) is 16.3 Å². The maximum absolute atomic E-state index is 10.1. The monoisotopic (exact) mass is 312 g/mol. The Balaban J connectivity index is 1.67. The predicted molar refractivity (Wildman–Crippen MR) is 85.6 cm³/mol. The molecular weight excluding hydrogens is 286 g/mol. The number of benzene rings is 1. The molecule has 3 nitrogen and oxygen atoms in total. The van der Waals surface area contributed by atoms with Crippen molar-refractivity contribution in [1.29, 1.82) is 0 Å². The second kappa shape index (κ2) is 8.14. The first-order valence-electron chi connectivity index (χ1n) is 7.86. The maximum atomic E-state index is 10.1. The normalized spacial score (nSPS) is 27.5. The van der Waals surface area contributed by atoms with Crippen LogP contribution in [0, 0.1) is 11.8 Å². The lowest BCUT2D eigenvalue weighted by atomic mass is 9.92. The van der Waals surface area contributed by atoms with E-state index < -0.39 is 0 Å². The number of likely N-dealkylation sites (tertiary alicyclic amines) is 1. The standard InChI is InChI=1S/C17H26ClNO2/c1-13-7-14(2)9-19(8-13)10-17(20)12-21-11-15-3-5-16(18)6-4-15/h3-6,13-14,17,20H,7-12H2,1-2H3/p+1/t13-,14+,17-/m0/s1. The molecule has 1 unspecified atom stereocenters. The molecule has 4 heteroatoms. The SMILES string of the molecule is C[C@@H]1C[C@H](C)C[NH+](C[C@H](O)COCc2ccc(Cl)cc2)C1. The Morgan fingerprint density at radius 1 is 1.24 bits per heavy atom. The number of hydrogen-bond acceptors (Lipinski definition) is 2. The Bertz CT molecular complexity index is 413. The van der Waals surface area contributed by atoms with E-state index in [-0.39, 0.29) is 6.10 Å². The molecule has 0 amide bonds. The third-order valence-electron chi connectivity index (χ3n) is 4.10. The van der Waals surface area contributed by atoms with Crippen LogP contribution in [0.3, 0.4) is 0 Å². The first-order valence-corrected chi connectivity index (χ1v) is 8.24. The van der Waals surface area contributed by atoms with Gasteiger partial charge in [-0.2, -0.15) is 0 Å². The zero-order valence-electron chi connectivity index (χ0n) is 13.0. The van der Waals surface area contributed by atoms with Gasteiger partial charge in [-0.3, -0.25) is 0 Å². The summed E-state index contributed by atoms with van der Waals surface area (Å²) in [6.07, 6.45) is 0.928. The zero-order chi connectivity index (χ0) is 15.2. The van der Waals surface area contributed by atoms with Crippen molar-refractivity contribution in [1.82, 2.24) is 0 Å². The summed E-state index contributed by atoms with van der Waals surface area (Å²) in [6, 6.07) is 7.62. The summed E-state index contributed by atoms with van der Waals surface area (Å²) in [5.41, 5.74) is 1.08. The number of aliphatic hydroxyl groups is 1. The van der Waals surface area contributed by atoms with E-state index in [1.165, 1.54) is 24.4 Å². The molecule has 1 aliphatic heterocycles. The molecule has 1 aliphatic rings. The van der Waals surface area contributed by atoms with Crippen molar-refractivity contribution in [2.45, 2.75) is 33.0 Å². The second-order valence-electron chi connectivity index (χ2n) is 6.60. The summed E-state index contributed by atoms with van der Waals surface area (Å²) in [7, 11) is 0. The van der Waals surface area contributed by atoms with E-state index in [0.29, 0.717) is 13.2 Å². The third-order valence-corrected chi connectivity index (χ3v) is 4.35. The molecule has 118 valence electrons. The van der Waals surface area contributed by atoms with Crippen LogP contribution in [0.1, 0.15) is 25.8 Å². The van der Waals surface area contributed by atoms with Gasteiger partial charge in [-0.15, -0.1) is 0 Å². The minimum Gasteiger partial charge on any atom is -0.385 e. The molecule has 4 atom stereocenters. The Hall–Kier alpha value is -0.610. The molecule has 1 aromatic carbocycles. The number of halogens is 1. The van der Waals surface area contributed by atoms with E-state index >= 15 is 0 Å². The number of piperidine rings is 1. The molecule has 0 radical (unpaired) electrons. The van der Waals surface area contributed by atoms with Gasteiger partial charge < -0.3 is 14.7 Å². The van der Waals surface area contributed by atoms with Crippen molar-refractivity contribution >= 4 is 11.6 Å². The Morgan fingerprint density at radius 3 is 2.48 bits per heavy atom. The molecule has 21 heavy (non-hydrogen) atoms. The van der Waals surface area contributed by atoms with Crippen molar-refractivity contribution in [2.75, 3.05) is 26.2 Å². The summed E-state index contributed by atoms with van der Waals surface area (Å²) in [5, 5.41) is 10.9. The topological polar surface area (TPSA) is 33.9 Å². The predicted octanol–water partition coefficient (Wildman–Crippen LogP) is 1.78. The molecule has 0 aromatic heterocycles. The summed E-state index contributed by atoms with van der Waals surface area (Å²) in [5.74, 6) is 1.51. The molecule has 0 spiro atoms. The minimum atomic E-state index is -0.384. The van der Waals surface area contributed by atoms with Gasteiger partial charge >= 0.3 is 0 Å². The van der Waals surface area contributed by atoms with E-state index in [1.54, 1.807) is 0 Å². The molecule has 2 rings (SSSR count). The van der Waals surface area contributed by atoms with Crippen molar-refractivity contribution < 1.29 is 14.7 Å². The summed E-state index contributed by atoms with van der Waals surface area (Å²) >= 11 is 5.84. The van der Waals surface area contributed by atoms with E-state index in [2.05, 4.69) is 13.8 Å². The number of hydrogen-bond donors (Lipinski definition) is 2. The smallest absolute Gasteiger partial charge is 0.126 e. The van der Waals surface area contributed by atoms with Crippen LogP contribution in [0.2, 0.25) is 5.02 Å². The summed E-state index contributed by atoms with van der Waals surface area (Å²) in [6.45, 7) is 8.65. The van der Waals surface area contributed by atoms with Crippen molar-refractivity contribution in [3.8, 4) is 0 Å². The molecule has 1 saturated heterocycles. The highest BCUT2D eigenvalue weighted by Gasteiger charge is 2.26. The third kappa shape index (κ3) is 5.95. The number of quaternary nitrogens is 1. The van der Waals surface area contributed by atoms with Crippen LogP contribution in [-0.4, -0.2) is 37.5 Å². The van der Waals surface area contributed by atoms with Crippen LogP contribution in [0.15, 0.2) is 24.3 Å². The van der Waals surface area contributed by atoms with E-state index in [0.717, 1.165) is 29.0 Å². The van der Waals surface area contributed by atoms with Gasteiger partial charge in [0.1, 0.15) is 12.6 Å². The van der Waals surface area contributed by atoms with Gasteiger partial charge in [0, 0.05) is 16.9 Å². The number of ether oxygens (including phenoxy) is 1. The Labute approximate surface area is 132 Å². The molecule has 0 saturated carbocycles. The van der Waals surface area contributed by atoms with Crippen LogP contribution < -0.4 is 4.90 Å². The highest BCUT2D eigenvalue weighted by molar-refractivity contribution is 6.30. The molecule has 2 N–H and O–H groups in total. The fourth-order valence-corrected chi connectivity index (χ4v) is 3.50. The average Bonchev–Trinajstić information content (AvgIpc) is 2.39. The molecule has 0 bridgehead atoms. The summed E-state index contributed by atoms with van der Waals surface area (Å²) in [4.78, 5) is 1.50. The lowest BCUT2D eigenvalue weighted by molar-refractivity contribution is -0.915. The Kier molecular flexibility index (Phi) is 6.49. The first-order chi connectivity index (χ1) is 10.0. The average molecular weight is 313 g/mol. The van der Waals surface area contributed by atoms with Crippen LogP contribution in [0.25, 0.3) is 0 Å². The maximum Gasteiger partial charge on any atom is 0.126 e. The fourth-order valence-electron chi connectivity index (χ4n) is 3.37. The molecule has 0 aliphatic carbocycles. The van der Waals surface area contributed by atoms with Gasteiger partial charge in [-0.25, -0.2) is 0 Å². The first kappa shape index (κ1) is 16.8. The highest BCUT2D eigenvalue weighted by atomic mass is 35.5. The van der Waals surface area contributed by atoms with Crippen LogP contribution in [-0.2, 0) is 11.3 Å². The summed E-state index contributed by atoms with van der Waals surface area (Å²) < 4.78 is 5.61. The van der Waals surface area contributed by atoms with E-state index in [9.17, 15) is 5.11 Å². The van der Waals surface area contributed by atoms with E-state index in [1.807, 2.05) is 24.3 Å². The van der Waals surface area contributed by atoms with Gasteiger partial charge in [-0.1, -0.05) is 37.6 Å². The molecule has 1 heterocycles.